The Hall–Kier alpha value is -2.28. The van der Waals surface area contributed by atoms with E-state index in [1.807, 2.05) is 12.1 Å². The molecule has 1 aromatic heterocycles. The van der Waals surface area contributed by atoms with Gasteiger partial charge >= 0.3 is 0 Å². The highest BCUT2D eigenvalue weighted by atomic mass is 19.1. The molecule has 7 heteroatoms. The van der Waals surface area contributed by atoms with Crippen LogP contribution in [0.25, 0.3) is 0 Å². The second-order valence-corrected chi connectivity index (χ2v) is 6.46. The number of nitrogens with one attached hydrogen (secondary N) is 1. The highest BCUT2D eigenvalue weighted by Crippen LogP contribution is 2.23. The molecule has 25 heavy (non-hydrogen) atoms. The monoisotopic (exact) mass is 346 g/mol. The molecule has 0 radical (unpaired) electrons. The first kappa shape index (κ1) is 17.5. The predicted molar refractivity (Wildman–Crippen MR) is 90.4 cm³/mol. The molecular weight excluding hydrogens is 323 g/mol. The number of aromatic nitrogens is 2. The number of rotatable bonds is 6. The van der Waals surface area contributed by atoms with Gasteiger partial charge in [0.1, 0.15) is 5.82 Å². The molecule has 0 bridgehead atoms. The molecule has 3 rings (SSSR count). The topological polar surface area (TPSA) is 71.3 Å². The Morgan fingerprint density at radius 1 is 1.44 bits per heavy atom. The molecule has 0 saturated carbocycles. The molecule has 2 heterocycles. The summed E-state index contributed by atoms with van der Waals surface area (Å²) in [5.41, 5.74) is 0.784. The molecule has 1 aliphatic heterocycles. The molecule has 1 atom stereocenters. The highest BCUT2D eigenvalue weighted by Gasteiger charge is 2.22. The summed E-state index contributed by atoms with van der Waals surface area (Å²) in [4.78, 5) is 17.9. The predicted octanol–water partition coefficient (Wildman–Crippen LogP) is 2.41. The van der Waals surface area contributed by atoms with Gasteiger partial charge < -0.3 is 9.84 Å². The number of benzene rings is 1. The van der Waals surface area contributed by atoms with Crippen LogP contribution in [0.15, 0.2) is 28.8 Å². The van der Waals surface area contributed by atoms with Gasteiger partial charge in [0.25, 0.3) is 11.7 Å². The summed E-state index contributed by atoms with van der Waals surface area (Å²) < 4.78 is 18.9. The Morgan fingerprint density at radius 3 is 3.08 bits per heavy atom. The zero-order chi connectivity index (χ0) is 17.6. The first-order valence-corrected chi connectivity index (χ1v) is 8.66. The van der Waals surface area contributed by atoms with Crippen molar-refractivity contribution in [3.05, 3.63) is 47.4 Å². The summed E-state index contributed by atoms with van der Waals surface area (Å²) in [5, 5.41) is 6.16. The van der Waals surface area contributed by atoms with Crippen LogP contribution in [0, 0.1) is 11.7 Å². The maximum atomic E-state index is 13.7. The van der Waals surface area contributed by atoms with E-state index in [2.05, 4.69) is 20.4 Å². The van der Waals surface area contributed by atoms with Crippen LogP contribution in [-0.2, 0) is 13.0 Å². The van der Waals surface area contributed by atoms with Gasteiger partial charge in [-0.3, -0.25) is 9.69 Å². The summed E-state index contributed by atoms with van der Waals surface area (Å²) in [5.74, 6) is 0.563. The molecule has 1 unspecified atom stereocenters. The number of aryl methyl sites for hydroxylation is 1. The number of hydrogen-bond acceptors (Lipinski definition) is 5. The van der Waals surface area contributed by atoms with E-state index < -0.39 is 0 Å². The molecule has 1 fully saturated rings. The van der Waals surface area contributed by atoms with Crippen molar-refractivity contribution in [1.82, 2.24) is 20.4 Å². The molecule has 0 spiro atoms. The van der Waals surface area contributed by atoms with E-state index in [9.17, 15) is 9.18 Å². The molecule has 1 N–H and O–H groups in total. The molecular formula is C18H23FN4O2. The maximum Gasteiger partial charge on any atom is 0.292 e. The SMILES string of the molecule is CNC(=O)c1noc(CN2CCCC(CCc3ccccc3F)C2)n1. The lowest BCUT2D eigenvalue weighted by Crippen LogP contribution is -2.35. The molecule has 2 aromatic rings. The van der Waals surface area contributed by atoms with Gasteiger partial charge in [-0.2, -0.15) is 4.98 Å². The van der Waals surface area contributed by atoms with Gasteiger partial charge in [-0.1, -0.05) is 23.4 Å². The molecule has 0 aliphatic carbocycles. The average Bonchev–Trinajstić information content (AvgIpc) is 3.09. The number of carbonyl (C=O) groups excluding carboxylic acids is 1. The van der Waals surface area contributed by atoms with E-state index in [4.69, 9.17) is 4.52 Å². The number of nitrogens with zero attached hydrogens (tertiary/aromatic N) is 3. The first-order valence-electron chi connectivity index (χ1n) is 8.66. The van der Waals surface area contributed by atoms with Crippen LogP contribution in [0.3, 0.4) is 0 Å². The van der Waals surface area contributed by atoms with Crippen LogP contribution >= 0.6 is 0 Å². The van der Waals surface area contributed by atoms with Crippen LogP contribution in [0.4, 0.5) is 4.39 Å². The summed E-state index contributed by atoms with van der Waals surface area (Å²) in [6.07, 6.45) is 3.97. The van der Waals surface area contributed by atoms with Gasteiger partial charge in [-0.15, -0.1) is 0 Å². The summed E-state index contributed by atoms with van der Waals surface area (Å²) in [7, 11) is 1.53. The van der Waals surface area contributed by atoms with Gasteiger partial charge in [-0.05, 0) is 49.8 Å². The largest absolute Gasteiger partial charge is 0.352 e. The lowest BCUT2D eigenvalue weighted by atomic mass is 9.91. The van der Waals surface area contributed by atoms with E-state index in [0.717, 1.165) is 44.3 Å². The molecule has 134 valence electrons. The van der Waals surface area contributed by atoms with Crippen LogP contribution in [-0.4, -0.2) is 41.1 Å². The Balaban J connectivity index is 1.52. The van der Waals surface area contributed by atoms with Crippen molar-refractivity contribution in [1.29, 1.82) is 0 Å². The van der Waals surface area contributed by atoms with E-state index in [0.29, 0.717) is 18.4 Å². The maximum absolute atomic E-state index is 13.7. The second-order valence-electron chi connectivity index (χ2n) is 6.46. The van der Waals surface area contributed by atoms with Crippen molar-refractivity contribution in [3.63, 3.8) is 0 Å². The van der Waals surface area contributed by atoms with Gasteiger partial charge in [0.2, 0.25) is 5.89 Å². The summed E-state index contributed by atoms with van der Waals surface area (Å²) >= 11 is 0. The Bertz CT molecular complexity index is 719. The minimum atomic E-state index is -0.351. The number of piperidine rings is 1. The molecule has 1 aliphatic rings. The van der Waals surface area contributed by atoms with Crippen LogP contribution in [0.5, 0.6) is 0 Å². The Morgan fingerprint density at radius 2 is 2.28 bits per heavy atom. The molecule has 1 saturated heterocycles. The van der Waals surface area contributed by atoms with Crippen LogP contribution in [0.1, 0.15) is 41.3 Å². The normalized spacial score (nSPS) is 18.2. The molecule has 6 nitrogen and oxygen atoms in total. The number of hydrogen-bond donors (Lipinski definition) is 1. The third-order valence-electron chi connectivity index (χ3n) is 4.64. The van der Waals surface area contributed by atoms with Crippen molar-refractivity contribution in [2.24, 2.45) is 5.92 Å². The lowest BCUT2D eigenvalue weighted by molar-refractivity contribution is 0.0950. The third kappa shape index (κ3) is 4.63. The van der Waals surface area contributed by atoms with Crippen molar-refractivity contribution in [3.8, 4) is 0 Å². The first-order chi connectivity index (χ1) is 12.2. The third-order valence-corrected chi connectivity index (χ3v) is 4.64. The van der Waals surface area contributed by atoms with Crippen molar-refractivity contribution in [2.45, 2.75) is 32.2 Å². The fraction of sp³-hybridized carbons (Fsp3) is 0.500. The Labute approximate surface area is 146 Å². The summed E-state index contributed by atoms with van der Waals surface area (Å²) in [6.45, 7) is 2.43. The average molecular weight is 346 g/mol. The van der Waals surface area contributed by atoms with Crippen molar-refractivity contribution in [2.75, 3.05) is 20.1 Å². The summed E-state index contributed by atoms with van der Waals surface area (Å²) in [6, 6.07) is 6.97. The highest BCUT2D eigenvalue weighted by molar-refractivity contribution is 5.89. The lowest BCUT2D eigenvalue weighted by Gasteiger charge is -2.31. The van der Waals surface area contributed by atoms with E-state index in [-0.39, 0.29) is 17.5 Å². The number of likely N-dealkylation sites (tertiary alicyclic amines) is 1. The molecule has 1 amide bonds. The number of carbonyl (C=O) groups is 1. The number of amides is 1. The van der Waals surface area contributed by atoms with E-state index in [1.165, 1.54) is 13.1 Å². The zero-order valence-corrected chi connectivity index (χ0v) is 14.4. The smallest absolute Gasteiger partial charge is 0.292 e. The minimum absolute atomic E-state index is 0.0608. The van der Waals surface area contributed by atoms with Crippen molar-refractivity contribution >= 4 is 5.91 Å². The number of halogens is 1. The van der Waals surface area contributed by atoms with Gasteiger partial charge in [0, 0.05) is 13.6 Å². The Kier molecular flexibility index (Phi) is 5.75. The zero-order valence-electron chi connectivity index (χ0n) is 14.4. The quantitative estimate of drug-likeness (QED) is 0.870. The second kappa shape index (κ2) is 8.20. The minimum Gasteiger partial charge on any atom is -0.352 e. The van der Waals surface area contributed by atoms with E-state index >= 15 is 0 Å². The van der Waals surface area contributed by atoms with Gasteiger partial charge in [-0.25, -0.2) is 4.39 Å². The van der Waals surface area contributed by atoms with Gasteiger partial charge in [0.15, 0.2) is 0 Å². The standard InChI is InChI=1S/C18H23FN4O2/c1-20-18(24)17-21-16(25-22-17)12-23-10-4-5-13(11-23)8-9-14-6-2-3-7-15(14)19/h2-3,6-7,13H,4-5,8-12H2,1H3,(H,20,24). The van der Waals surface area contributed by atoms with Crippen LogP contribution < -0.4 is 5.32 Å². The van der Waals surface area contributed by atoms with Gasteiger partial charge in [0.05, 0.1) is 6.54 Å². The van der Waals surface area contributed by atoms with Crippen LogP contribution in [0.2, 0.25) is 0 Å². The molecule has 1 aromatic carbocycles. The fourth-order valence-corrected chi connectivity index (χ4v) is 3.31. The fourth-order valence-electron chi connectivity index (χ4n) is 3.31. The van der Waals surface area contributed by atoms with E-state index in [1.54, 1.807) is 6.07 Å². The van der Waals surface area contributed by atoms with Crippen molar-refractivity contribution < 1.29 is 13.7 Å².